The third-order valence-electron chi connectivity index (χ3n) is 16.5. The number of hydrogen-bond acceptors (Lipinski definition) is 29. The number of aliphatic carboxylic acids is 7. The van der Waals surface area contributed by atoms with Crippen LogP contribution >= 0.6 is 0 Å². The van der Waals surface area contributed by atoms with Gasteiger partial charge in [-0.3, -0.25) is 38.4 Å². The second-order valence-corrected chi connectivity index (χ2v) is 28.4. The van der Waals surface area contributed by atoms with Crippen LogP contribution in [-0.2, 0) is 119 Å². The number of hydrazone groups is 1. The van der Waals surface area contributed by atoms with Crippen molar-refractivity contribution < 1.29 is 167 Å². The normalized spacial score (nSPS) is 11.9. The Morgan fingerprint density at radius 1 is 0.352 bits per heavy atom. The molecule has 1 amide bonds. The van der Waals surface area contributed by atoms with E-state index >= 15 is 0 Å². The highest BCUT2D eigenvalue weighted by Crippen LogP contribution is 2.17. The Morgan fingerprint density at radius 2 is 0.632 bits per heavy atom. The summed E-state index contributed by atoms with van der Waals surface area (Å²) in [5, 5.41) is 85.0. The summed E-state index contributed by atoms with van der Waals surface area (Å²) in [6.45, 7) is 14.8. The molecule has 37 nitrogen and oxygen atoms in total. The molecule has 125 heavy (non-hydrogen) atoms. The van der Waals surface area contributed by atoms with Crippen LogP contribution in [0.1, 0.15) is 156 Å². The van der Waals surface area contributed by atoms with Crippen LogP contribution in [0, 0.1) is 0 Å². The minimum Gasteiger partial charge on any atom is -0.544 e. The van der Waals surface area contributed by atoms with Crippen molar-refractivity contribution in [3.8, 4) is 11.5 Å². The number of Topliss-reactive ketones (excluding diaryl/α,β-unsaturated/α-hetero) is 7. The Morgan fingerprint density at radius 3 is 0.920 bits per heavy atom. The van der Waals surface area contributed by atoms with Gasteiger partial charge in [0.25, 0.3) is 6.79 Å². The number of carbonyl (C=O) groups excluding carboxylic acids is 15. The predicted molar refractivity (Wildman–Crippen MR) is 434 cm³/mol. The van der Waals surface area contributed by atoms with Crippen molar-refractivity contribution in [2.45, 2.75) is 169 Å². The fraction of sp³-hybridized carbons (Fsp3) is 0.318. The highest BCUT2D eigenvalue weighted by atomic mass is 16.7. The van der Waals surface area contributed by atoms with Gasteiger partial charge in [-0.05, 0) is 116 Å². The van der Waals surface area contributed by atoms with E-state index in [9.17, 15) is 108 Å². The van der Waals surface area contributed by atoms with Crippen molar-refractivity contribution >= 4 is 106 Å². The van der Waals surface area contributed by atoms with Gasteiger partial charge in [0.15, 0.2) is 17.3 Å². The zero-order valence-corrected chi connectivity index (χ0v) is 71.2. The zero-order chi connectivity index (χ0) is 94.6. The third-order valence-corrected chi connectivity index (χ3v) is 16.5. The first-order valence-corrected chi connectivity index (χ1v) is 38.6. The van der Waals surface area contributed by atoms with E-state index in [1.54, 1.807) is 128 Å². The van der Waals surface area contributed by atoms with Crippen LogP contribution in [0.5, 0.6) is 11.5 Å². The van der Waals surface area contributed by atoms with E-state index in [1.165, 1.54) is 58.2 Å². The van der Waals surface area contributed by atoms with E-state index in [0.29, 0.717) is 60.5 Å². The van der Waals surface area contributed by atoms with Gasteiger partial charge >= 0.3 is 0 Å². The lowest BCUT2D eigenvalue weighted by atomic mass is 10.0. The monoisotopic (exact) mass is 1740 g/mol. The zero-order valence-electron chi connectivity index (χ0n) is 71.2. The maximum atomic E-state index is 11.6. The van der Waals surface area contributed by atoms with Gasteiger partial charge in [0.05, 0.1) is 65.8 Å². The number of carboxylic acids is 7. The van der Waals surface area contributed by atoms with Crippen LogP contribution in [0.15, 0.2) is 185 Å². The molecule has 0 aliphatic carbocycles. The van der Waals surface area contributed by atoms with E-state index in [0.717, 1.165) is 61.5 Å². The highest BCUT2D eigenvalue weighted by molar-refractivity contribution is 6.43. The Kier molecular flexibility index (Phi) is 51.2. The summed E-state index contributed by atoms with van der Waals surface area (Å²) in [4.78, 5) is 172. The quantitative estimate of drug-likeness (QED) is 0.00336. The Labute approximate surface area is 721 Å². The number of amides is 1. The van der Waals surface area contributed by atoms with E-state index < -0.39 is 107 Å². The number of ketones is 7. The van der Waals surface area contributed by atoms with Gasteiger partial charge in [-0.15, -0.1) is 0 Å². The summed E-state index contributed by atoms with van der Waals surface area (Å²) in [6, 6.07) is 42.1. The fourth-order valence-corrected chi connectivity index (χ4v) is 9.66. The first kappa shape index (κ1) is 109. The number of rotatable bonds is 41. The molecule has 0 heterocycles. The molecule has 0 spiro atoms. The molecule has 0 saturated carbocycles. The van der Waals surface area contributed by atoms with Crippen molar-refractivity contribution in [3.05, 3.63) is 237 Å². The topological polar surface area (TPSA) is 697 Å². The van der Waals surface area contributed by atoms with Crippen LogP contribution in [0.3, 0.4) is 0 Å². The molecular formula is C88H109N11O26. The number of carboxylic acid groups (broad SMARTS) is 7. The number of nitrogens with one attached hydrogen (secondary N) is 1. The van der Waals surface area contributed by atoms with Crippen LogP contribution in [-0.4, -0.2) is 162 Å². The van der Waals surface area contributed by atoms with Crippen LogP contribution in [0.2, 0.25) is 0 Å². The molecule has 7 rings (SSSR count). The summed E-state index contributed by atoms with van der Waals surface area (Å²) in [7, 11) is 0. The molecule has 672 valence electrons. The van der Waals surface area contributed by atoms with Gasteiger partial charge in [0.1, 0.15) is 72.8 Å². The maximum Gasteiger partial charge on any atom is 0.255 e. The minimum absolute atomic E-state index is 0.0293. The van der Waals surface area contributed by atoms with Crippen molar-refractivity contribution in [2.75, 3.05) is 13.4 Å². The lowest BCUT2D eigenvalue weighted by Crippen LogP contribution is -2.69. The molecule has 0 aliphatic rings. The summed E-state index contributed by atoms with van der Waals surface area (Å²) >= 11 is 0. The van der Waals surface area contributed by atoms with Crippen LogP contribution in [0.25, 0.3) is 0 Å². The minimum atomic E-state index is -1.21. The van der Waals surface area contributed by atoms with Crippen LogP contribution in [0.4, 0.5) is 0 Å². The van der Waals surface area contributed by atoms with Gasteiger partial charge in [0, 0.05) is 81.9 Å². The summed E-state index contributed by atoms with van der Waals surface area (Å²) in [5.41, 5.74) is 36.8. The fourth-order valence-electron chi connectivity index (χ4n) is 9.66. The molecule has 37 heteroatoms. The number of ether oxygens (including phenoxy) is 2. The van der Waals surface area contributed by atoms with E-state index in [4.69, 9.17) is 19.1 Å². The molecule has 7 aromatic rings. The molecule has 0 unspecified atom stereocenters. The predicted octanol–water partition coefficient (Wildman–Crippen LogP) is -8.68. The lowest BCUT2D eigenvalue weighted by Gasteiger charge is -2.10. The molecule has 0 fully saturated rings. The third kappa shape index (κ3) is 48.8. The van der Waals surface area contributed by atoms with E-state index in [2.05, 4.69) is 61.0 Å². The standard InChI is InChI=1S/C13H18N2O4.C13H18N2O3.2C13H15NO4.C12H15N3O3.C12H15NO4.C12H13NO4/c1-9(2)15-19-8-18-11-5-3-10(4-6-11)7-12(14)13(16)17;1-9(2)15-18-8-11-5-3-10(4-6-11)7-12(14)13(16)17;1-8(15)6-12(16)10-4-2-9(3-5-10)7-11(14)13(17)18;1-2-11(15)12(16)9-5-3-8(4-6-9)7-10(14)13(17)18;1-8(16)15-14-7-10-4-2-9(3-5-10)6-11(13)12(17)18;1-8(14)7-17-10-4-2-9(3-5-10)6-11(13)12(15)16;1-7(14)11(15)9-4-2-8(3-5-9)6-10(13)12(16)17/h3-6,12H,7-8,14H2,1-2H3,(H,16,17);3-6,12H,7-8,14H2,1-2H3,(H,16,17);2-5,11H,6-7,14H2,1H3,(H,17,18);3-6,10H,2,7,14H2,1H3,(H,17,18);2-5,7,11H,6,13H2,1H3,(H,15,16)(H,17,18);2-5,11H,6-7,13H2,1H3,(H,15,16);2-5,10H,6,13H2,1H3,(H,16,17)/b;;;;14-7+;;/t2*12-;11-;10-;2*11-;10-/m0000000/s1. The van der Waals surface area contributed by atoms with Crippen molar-refractivity contribution in [1.29, 1.82) is 0 Å². The first-order valence-electron chi connectivity index (χ1n) is 38.6. The number of hydrogen-bond donors (Lipinski definition) is 8. The number of quaternary nitrogens is 7. The average molecular weight is 1740 g/mol. The molecular weight excluding hydrogens is 1630 g/mol. The number of carbonyl (C=O) groups is 15. The number of nitrogens with zero attached hydrogens (tertiary/aromatic N) is 3. The second kappa shape index (κ2) is 58.8. The molecule has 0 aromatic heterocycles. The van der Waals surface area contributed by atoms with Gasteiger partial charge in [0.2, 0.25) is 23.3 Å². The van der Waals surface area contributed by atoms with Gasteiger partial charge in [-0.25, -0.2) is 5.43 Å². The van der Waals surface area contributed by atoms with Crippen LogP contribution < -0.4 is 90.8 Å². The Balaban J connectivity index is 0.000000729. The van der Waals surface area contributed by atoms with Crippen molar-refractivity contribution in [2.24, 2.45) is 15.4 Å². The van der Waals surface area contributed by atoms with E-state index in [-0.39, 0.29) is 68.8 Å². The number of benzene rings is 7. The van der Waals surface area contributed by atoms with Gasteiger partial charge < -0.3 is 129 Å². The van der Waals surface area contributed by atoms with E-state index in [1.807, 2.05) is 52.0 Å². The van der Waals surface area contributed by atoms with Crippen molar-refractivity contribution in [3.63, 3.8) is 0 Å². The summed E-state index contributed by atoms with van der Waals surface area (Å²) in [6.07, 6.45) is 3.63. The molecule has 22 N–H and O–H groups in total. The van der Waals surface area contributed by atoms with Gasteiger partial charge in [-0.1, -0.05) is 163 Å². The summed E-state index contributed by atoms with van der Waals surface area (Å²) in [5.74, 6) is -9.77. The van der Waals surface area contributed by atoms with Crippen molar-refractivity contribution in [1.82, 2.24) is 5.43 Å². The highest BCUT2D eigenvalue weighted by Gasteiger charge is 2.19. The molecule has 0 saturated heterocycles. The molecule has 7 atom stereocenters. The molecule has 7 aromatic carbocycles. The molecule has 0 aliphatic heterocycles. The van der Waals surface area contributed by atoms with Gasteiger partial charge in [-0.2, -0.15) is 5.10 Å². The Bertz CT molecular complexity index is 4790. The first-order chi connectivity index (χ1) is 58.7. The largest absolute Gasteiger partial charge is 0.544 e. The average Bonchev–Trinajstić information content (AvgIpc) is 0.863. The lowest BCUT2D eigenvalue weighted by molar-refractivity contribution is -0.437. The summed E-state index contributed by atoms with van der Waals surface area (Å²) < 4.78 is 10.5. The molecule has 0 radical (unpaired) electrons. The Hall–Kier alpha value is -14.1. The number of oxime groups is 2. The molecule has 0 bridgehead atoms. The maximum absolute atomic E-state index is 11.6. The SMILES string of the molecule is CC(=O)C(=O)c1ccc(C[C@H]([NH3+])C(=O)[O-])cc1.CC(=O)CC(=O)c1ccc(C[C@H]([NH3+])C(=O)[O-])cc1.CC(=O)COc1ccc(C[C@H]([NH3+])C(=O)[O-])cc1.CC(=O)N/N=C/c1ccc(C[C@H]([NH3+])C(=O)[O-])cc1.CC(C)=NOCOc1ccc(C[C@H]([NH3+])C(=O)[O-])cc1.CC(C)=NOCc1ccc(C[C@H]([NH3+])C(=O)[O-])cc1.CCC(=O)C(=O)c1ccc(C[C@H]([NH3+])C(=O)[O-])cc1. The second-order valence-electron chi connectivity index (χ2n) is 28.4. The smallest absolute Gasteiger partial charge is 0.255 e.